The molecule has 1 aliphatic rings. The van der Waals surface area contributed by atoms with Gasteiger partial charge in [0.05, 0.1) is 12.3 Å². The van der Waals surface area contributed by atoms with E-state index < -0.39 is 22.9 Å². The third-order valence-electron chi connectivity index (χ3n) is 1.81. The van der Waals surface area contributed by atoms with Gasteiger partial charge in [0.25, 0.3) is 0 Å². The minimum atomic E-state index is -0.896. The van der Waals surface area contributed by atoms with E-state index in [9.17, 15) is 19.7 Å². The molecule has 1 fully saturated rings. The highest BCUT2D eigenvalue weighted by atomic mass is 16.6. The normalized spacial score (nSPS) is 15.6. The molecule has 17 heavy (non-hydrogen) atoms. The molecule has 1 amide bonds. The zero-order valence-corrected chi connectivity index (χ0v) is 8.23. The van der Waals surface area contributed by atoms with Crippen LogP contribution in [0.5, 0.6) is 0 Å². The molecule has 88 valence electrons. The van der Waals surface area contributed by atoms with Crippen molar-refractivity contribution >= 4 is 24.2 Å². The maximum absolute atomic E-state index is 10.9. The van der Waals surface area contributed by atoms with Gasteiger partial charge in [-0.2, -0.15) is 10.1 Å². The van der Waals surface area contributed by atoms with Crippen LogP contribution in [0.15, 0.2) is 21.7 Å². The van der Waals surface area contributed by atoms with Crippen molar-refractivity contribution in [3.8, 4) is 0 Å². The summed E-state index contributed by atoms with van der Waals surface area (Å²) in [5.41, 5.74) is 0. The van der Waals surface area contributed by atoms with E-state index in [0.717, 1.165) is 17.3 Å². The number of carbonyl (C=O) groups is 2. The van der Waals surface area contributed by atoms with E-state index in [1.807, 2.05) is 0 Å². The van der Waals surface area contributed by atoms with E-state index in [4.69, 9.17) is 4.42 Å². The molecule has 1 aliphatic heterocycles. The smallest absolute Gasteiger partial charge is 0.400 e. The second-order valence-corrected chi connectivity index (χ2v) is 2.98. The van der Waals surface area contributed by atoms with Crippen LogP contribution in [0.4, 0.5) is 10.7 Å². The summed E-state index contributed by atoms with van der Waals surface area (Å²) in [6.07, 6.45) is 0.180. The summed E-state index contributed by atoms with van der Waals surface area (Å²) in [5, 5.41) is 14.7. The number of rotatable bonds is 3. The lowest BCUT2D eigenvalue weighted by molar-refractivity contribution is -0.402. The summed E-state index contributed by atoms with van der Waals surface area (Å²) < 4.78 is 8.96. The molecule has 0 atom stereocenters. The minimum Gasteiger partial charge on any atom is -0.400 e. The molecule has 0 saturated carbocycles. The van der Waals surface area contributed by atoms with Gasteiger partial charge >= 0.3 is 17.9 Å². The molecule has 0 spiro atoms. The third kappa shape index (κ3) is 2.27. The molecule has 0 aliphatic carbocycles. The maximum atomic E-state index is 10.9. The number of carbonyl (C=O) groups excluding carboxylic acids is 2. The molecule has 1 aromatic heterocycles. The minimum absolute atomic E-state index is 0.0869. The Bertz CT molecular complexity index is 519. The van der Waals surface area contributed by atoms with Crippen LogP contribution in [-0.2, 0) is 9.53 Å². The lowest BCUT2D eigenvalue weighted by Gasteiger charge is -2.00. The second-order valence-electron chi connectivity index (χ2n) is 2.98. The predicted octanol–water partition coefficient (Wildman–Crippen LogP) is 0.500. The van der Waals surface area contributed by atoms with Gasteiger partial charge in [0.1, 0.15) is 11.5 Å². The highest BCUT2D eigenvalue weighted by molar-refractivity contribution is 5.93. The number of esters is 1. The van der Waals surface area contributed by atoms with Crippen LogP contribution in [-0.4, -0.2) is 34.8 Å². The SMILES string of the molecule is O=C1CN(/N=C/c2ccc([N+](=O)[O-])o2)C(=O)O1. The van der Waals surface area contributed by atoms with Gasteiger partial charge in [-0.1, -0.05) is 0 Å². The highest BCUT2D eigenvalue weighted by Gasteiger charge is 2.29. The molecule has 1 saturated heterocycles. The monoisotopic (exact) mass is 239 g/mol. The van der Waals surface area contributed by atoms with E-state index in [-0.39, 0.29) is 12.3 Å². The Morgan fingerprint density at radius 1 is 1.47 bits per heavy atom. The van der Waals surface area contributed by atoms with Gasteiger partial charge in [-0.05, 0) is 6.07 Å². The lowest BCUT2D eigenvalue weighted by atomic mass is 10.5. The Kier molecular flexibility index (Phi) is 2.57. The van der Waals surface area contributed by atoms with E-state index in [1.165, 1.54) is 6.07 Å². The van der Waals surface area contributed by atoms with Crippen molar-refractivity contribution in [3.63, 3.8) is 0 Å². The number of cyclic esters (lactones) is 2. The van der Waals surface area contributed by atoms with Crippen LogP contribution in [0.1, 0.15) is 5.76 Å². The van der Waals surface area contributed by atoms with Gasteiger partial charge in [0, 0.05) is 0 Å². The number of nitrogens with zero attached hydrogens (tertiary/aromatic N) is 3. The van der Waals surface area contributed by atoms with Crippen LogP contribution in [0.2, 0.25) is 0 Å². The Hall–Kier alpha value is -2.71. The molecule has 0 unspecified atom stereocenters. The van der Waals surface area contributed by atoms with Gasteiger partial charge in [0.2, 0.25) is 0 Å². The average molecular weight is 239 g/mol. The standard InChI is InChI=1S/C8H5N3O6/c12-7-4-10(8(13)17-7)9-3-5-1-2-6(16-5)11(14)15/h1-3H,4H2/b9-3+. The van der Waals surface area contributed by atoms with Crippen LogP contribution < -0.4 is 0 Å². The van der Waals surface area contributed by atoms with Crippen molar-refractivity contribution < 1.29 is 23.7 Å². The molecular formula is C8H5N3O6. The van der Waals surface area contributed by atoms with Gasteiger partial charge in [-0.25, -0.2) is 9.59 Å². The first-order valence-electron chi connectivity index (χ1n) is 4.36. The topological polar surface area (TPSA) is 115 Å². The highest BCUT2D eigenvalue weighted by Crippen LogP contribution is 2.14. The van der Waals surface area contributed by atoms with Crippen LogP contribution in [0, 0.1) is 10.1 Å². The first-order valence-corrected chi connectivity index (χ1v) is 4.36. The molecule has 0 radical (unpaired) electrons. The second kappa shape index (κ2) is 4.04. The Labute approximate surface area is 93.4 Å². The molecular weight excluding hydrogens is 234 g/mol. The van der Waals surface area contributed by atoms with Gasteiger partial charge < -0.3 is 9.15 Å². The van der Waals surface area contributed by atoms with Crippen molar-refractivity contribution in [1.82, 2.24) is 5.01 Å². The molecule has 9 nitrogen and oxygen atoms in total. The maximum Gasteiger partial charge on any atom is 0.438 e. The molecule has 2 heterocycles. The molecule has 1 aromatic rings. The van der Waals surface area contributed by atoms with Crippen molar-refractivity contribution in [3.05, 3.63) is 28.0 Å². The lowest BCUT2D eigenvalue weighted by Crippen LogP contribution is -2.17. The van der Waals surface area contributed by atoms with Gasteiger partial charge in [-0.15, -0.1) is 0 Å². The molecule has 0 aromatic carbocycles. The van der Waals surface area contributed by atoms with Gasteiger partial charge in [-0.3, -0.25) is 10.1 Å². The number of hydrogen-bond acceptors (Lipinski definition) is 7. The van der Waals surface area contributed by atoms with E-state index in [1.54, 1.807) is 0 Å². The van der Waals surface area contributed by atoms with Crippen LogP contribution in [0.25, 0.3) is 0 Å². The summed E-state index contributed by atoms with van der Waals surface area (Å²) in [6.45, 7) is -0.294. The fourth-order valence-corrected chi connectivity index (χ4v) is 1.09. The first-order chi connectivity index (χ1) is 8.06. The van der Waals surface area contributed by atoms with Crippen LogP contribution in [0.3, 0.4) is 0 Å². The molecule has 0 bridgehead atoms. The largest absolute Gasteiger partial charge is 0.438 e. The number of hydrazone groups is 1. The zero-order chi connectivity index (χ0) is 12.4. The summed E-state index contributed by atoms with van der Waals surface area (Å²) in [4.78, 5) is 31.3. The molecule has 9 heteroatoms. The first kappa shape index (κ1) is 10.8. The van der Waals surface area contributed by atoms with Crippen molar-refractivity contribution in [2.24, 2.45) is 5.10 Å². The quantitative estimate of drug-likeness (QED) is 0.249. The van der Waals surface area contributed by atoms with Gasteiger partial charge in [0.15, 0.2) is 5.76 Å². The number of amides is 1. The number of nitro groups is 1. The number of furan rings is 1. The zero-order valence-electron chi connectivity index (χ0n) is 8.23. The molecule has 0 N–H and O–H groups in total. The summed E-state index contributed by atoms with van der Waals surface area (Å²) in [5.74, 6) is -1.06. The van der Waals surface area contributed by atoms with E-state index in [2.05, 4.69) is 9.84 Å². The van der Waals surface area contributed by atoms with Crippen molar-refractivity contribution in [2.75, 3.05) is 6.54 Å². The number of hydrogen-bond donors (Lipinski definition) is 0. The average Bonchev–Trinajstić information content (AvgIpc) is 2.82. The third-order valence-corrected chi connectivity index (χ3v) is 1.81. The fourth-order valence-electron chi connectivity index (χ4n) is 1.09. The Morgan fingerprint density at radius 2 is 2.24 bits per heavy atom. The summed E-state index contributed by atoms with van der Waals surface area (Å²) >= 11 is 0. The Morgan fingerprint density at radius 3 is 2.76 bits per heavy atom. The van der Waals surface area contributed by atoms with Crippen molar-refractivity contribution in [1.29, 1.82) is 0 Å². The number of ether oxygens (including phenoxy) is 1. The molecule has 2 rings (SSSR count). The van der Waals surface area contributed by atoms with E-state index >= 15 is 0 Å². The Balaban J connectivity index is 2.07. The van der Waals surface area contributed by atoms with Crippen LogP contribution >= 0.6 is 0 Å². The summed E-state index contributed by atoms with van der Waals surface area (Å²) in [7, 11) is 0. The predicted molar refractivity (Wildman–Crippen MR) is 51.2 cm³/mol. The van der Waals surface area contributed by atoms with Crippen molar-refractivity contribution in [2.45, 2.75) is 0 Å². The van der Waals surface area contributed by atoms with E-state index in [0.29, 0.717) is 0 Å². The fraction of sp³-hybridized carbons (Fsp3) is 0.125. The summed E-state index contributed by atoms with van der Waals surface area (Å²) in [6, 6.07) is 2.46.